The number of hydrogen-bond donors (Lipinski definition) is 0. The van der Waals surface area contributed by atoms with Gasteiger partial charge in [0.15, 0.2) is 0 Å². The molecule has 0 aliphatic rings. The van der Waals surface area contributed by atoms with Crippen LogP contribution in [0, 0.1) is 24.4 Å². The van der Waals surface area contributed by atoms with Gasteiger partial charge in [-0.05, 0) is 62.6 Å². The molecule has 3 aromatic heterocycles. The molecule has 0 aliphatic carbocycles. The Hall–Kier alpha value is -4.93. The van der Waals surface area contributed by atoms with Crippen LogP contribution in [-0.4, -0.2) is 18.0 Å². The number of nitrogens with zero attached hydrogens (tertiary/aromatic N) is 2. The number of fused-ring (bicyclic) bond motifs is 3. The van der Waals surface area contributed by atoms with Crippen molar-refractivity contribution in [1.82, 2.24) is 9.97 Å². The molecule has 8 aromatic rings. The fourth-order valence-electron chi connectivity index (χ4n) is 6.60. The maximum Gasteiger partial charge on any atom is 0.124 e. The summed E-state index contributed by atoms with van der Waals surface area (Å²) >= 11 is 0. The Morgan fingerprint density at radius 1 is 0.722 bits per heavy atom. The van der Waals surface area contributed by atoms with Crippen LogP contribution in [0.25, 0.3) is 66.7 Å². The first-order valence-corrected chi connectivity index (χ1v) is 21.6. The fraction of sp³-hybridized carbons (Fsp3) is 0.184. The molecule has 54 heavy (non-hydrogen) atoms. The monoisotopic (exact) mass is 902 g/mol. The van der Waals surface area contributed by atoms with E-state index in [2.05, 4.69) is 123 Å². The van der Waals surface area contributed by atoms with Crippen molar-refractivity contribution >= 4 is 35.2 Å². The van der Waals surface area contributed by atoms with Crippen LogP contribution in [0.5, 0.6) is 0 Å². The molecule has 0 saturated heterocycles. The summed E-state index contributed by atoms with van der Waals surface area (Å²) in [5.74, 6) is 0. The number of rotatable bonds is 6. The maximum atomic E-state index is 7.84. The summed E-state index contributed by atoms with van der Waals surface area (Å²) in [6.07, 6.45) is 4.84. The Balaban J connectivity index is 0.000000192. The standard InChI is InChI=1S/C28H24NO.C21H22NSi.Ir/c1-28(2,3)18-19-14-15-29-24(16-19)21-12-13-23-26(17-21)30-25-11-7-10-22(27(23)25)20-8-5-4-6-9-20;1-16-10-11-18(14-20(16)17-8-6-5-7-9-17)21-13-12-19(15-22-21)23(2,3)4;/h4-16H,18H2,1-3H3;5-10,12-15H,1-4H3;/q2*-1;/i;1D3;. The van der Waals surface area contributed by atoms with Gasteiger partial charge < -0.3 is 14.4 Å². The average Bonchev–Trinajstić information content (AvgIpc) is 3.56. The third kappa shape index (κ3) is 8.88. The quantitative estimate of drug-likeness (QED) is 0.123. The van der Waals surface area contributed by atoms with Crippen molar-refractivity contribution < 1.29 is 28.6 Å². The molecule has 3 nitrogen and oxygen atoms in total. The third-order valence-electron chi connectivity index (χ3n) is 9.28. The van der Waals surface area contributed by atoms with Gasteiger partial charge in [-0.15, -0.1) is 47.0 Å². The van der Waals surface area contributed by atoms with Crippen LogP contribution in [0.2, 0.25) is 19.6 Å². The summed E-state index contributed by atoms with van der Waals surface area (Å²) in [5, 5.41) is 3.51. The van der Waals surface area contributed by atoms with E-state index < -0.39 is 14.9 Å². The van der Waals surface area contributed by atoms with Gasteiger partial charge in [0, 0.05) is 36.6 Å². The minimum absolute atomic E-state index is 0. The largest absolute Gasteiger partial charge is 0.477 e. The average molecular weight is 902 g/mol. The van der Waals surface area contributed by atoms with Crippen LogP contribution >= 0.6 is 0 Å². The molecule has 8 rings (SSSR count). The Morgan fingerprint density at radius 2 is 1.44 bits per heavy atom. The Morgan fingerprint density at radius 3 is 2.09 bits per heavy atom. The molecule has 3 heterocycles. The van der Waals surface area contributed by atoms with Crippen molar-refractivity contribution in [2.45, 2.75) is 53.7 Å². The van der Waals surface area contributed by atoms with Crippen LogP contribution in [0.15, 0.2) is 144 Å². The molecule has 0 saturated carbocycles. The van der Waals surface area contributed by atoms with Crippen LogP contribution in [0.1, 0.15) is 36.0 Å². The van der Waals surface area contributed by atoms with Gasteiger partial charge >= 0.3 is 0 Å². The third-order valence-corrected chi connectivity index (χ3v) is 11.3. The molecule has 0 spiro atoms. The smallest absolute Gasteiger partial charge is 0.124 e. The van der Waals surface area contributed by atoms with E-state index >= 15 is 0 Å². The van der Waals surface area contributed by atoms with Gasteiger partial charge in [0.25, 0.3) is 0 Å². The summed E-state index contributed by atoms with van der Waals surface area (Å²) in [6.45, 7) is 11.4. The SMILES string of the molecule is CC(C)(C)Cc1ccnc(-c2[c-]c3oc4cccc(-c5ccccc5)c4c3cc2)c1.[2H]C([2H])([2H])c1c[c-]c(-c2ccc([Si](C)(C)C)cn2)cc1-c1ccccc1.[Ir]. The molecule has 0 aliphatic heterocycles. The summed E-state index contributed by atoms with van der Waals surface area (Å²) in [6, 6.07) is 49.0. The van der Waals surface area contributed by atoms with Gasteiger partial charge in [-0.2, -0.15) is 0 Å². The fourth-order valence-corrected chi connectivity index (χ4v) is 7.63. The minimum atomic E-state index is -2.19. The number of pyridine rings is 2. The topological polar surface area (TPSA) is 38.9 Å². The summed E-state index contributed by atoms with van der Waals surface area (Å²) in [7, 11) is -1.40. The molecule has 0 amide bonds. The normalized spacial score (nSPS) is 12.6. The van der Waals surface area contributed by atoms with Crippen LogP contribution in [0.4, 0.5) is 0 Å². The first kappa shape index (κ1) is 34.8. The second-order valence-electron chi connectivity index (χ2n) is 15.8. The van der Waals surface area contributed by atoms with E-state index in [0.717, 1.165) is 56.4 Å². The van der Waals surface area contributed by atoms with E-state index in [-0.39, 0.29) is 25.5 Å². The molecule has 5 heteroatoms. The van der Waals surface area contributed by atoms with Crippen LogP contribution in [0.3, 0.4) is 0 Å². The molecule has 0 fully saturated rings. The molecule has 1 radical (unpaired) electrons. The van der Waals surface area contributed by atoms with E-state index in [9.17, 15) is 0 Å². The molecule has 5 aromatic carbocycles. The van der Waals surface area contributed by atoms with Crippen molar-refractivity contribution in [1.29, 1.82) is 0 Å². The van der Waals surface area contributed by atoms with Crippen molar-refractivity contribution in [2.75, 3.05) is 0 Å². The molecule has 0 N–H and O–H groups in total. The van der Waals surface area contributed by atoms with Gasteiger partial charge in [-0.1, -0.05) is 161 Å². The molecular formula is C49H46IrN2OSi-2. The first-order valence-electron chi connectivity index (χ1n) is 19.6. The summed E-state index contributed by atoms with van der Waals surface area (Å²) < 4.78 is 29.7. The summed E-state index contributed by atoms with van der Waals surface area (Å²) in [4.78, 5) is 9.20. The van der Waals surface area contributed by atoms with Gasteiger partial charge in [-0.25, -0.2) is 0 Å². The van der Waals surface area contributed by atoms with Crippen molar-refractivity contribution in [3.05, 3.63) is 163 Å². The second kappa shape index (κ2) is 16.2. The maximum absolute atomic E-state index is 7.84. The van der Waals surface area contributed by atoms with E-state index in [1.54, 1.807) is 6.07 Å². The first-order chi connectivity index (χ1) is 26.6. The number of aromatic nitrogens is 2. The van der Waals surface area contributed by atoms with Crippen molar-refractivity contribution in [2.24, 2.45) is 5.41 Å². The number of aryl methyl sites for hydroxylation is 1. The Bertz CT molecular complexity index is 2610. The van der Waals surface area contributed by atoms with E-state index in [1.165, 1.54) is 21.9 Å². The van der Waals surface area contributed by atoms with E-state index in [4.69, 9.17) is 8.53 Å². The molecule has 273 valence electrons. The van der Waals surface area contributed by atoms with E-state index in [1.807, 2.05) is 73.1 Å². The predicted octanol–water partition coefficient (Wildman–Crippen LogP) is 12.8. The van der Waals surface area contributed by atoms with Gasteiger partial charge in [0.1, 0.15) is 5.58 Å². The van der Waals surface area contributed by atoms with Gasteiger partial charge in [-0.3, -0.25) is 0 Å². The van der Waals surface area contributed by atoms with Crippen LogP contribution in [-0.2, 0) is 26.5 Å². The second-order valence-corrected chi connectivity index (χ2v) is 20.8. The zero-order valence-corrected chi connectivity index (χ0v) is 35.0. The van der Waals surface area contributed by atoms with E-state index in [0.29, 0.717) is 11.1 Å². The zero-order chi connectivity index (χ0) is 39.7. The molecule has 0 atom stereocenters. The summed E-state index contributed by atoms with van der Waals surface area (Å²) in [5.41, 5.74) is 10.9. The van der Waals surface area contributed by atoms with Gasteiger partial charge in [0.05, 0.1) is 13.7 Å². The zero-order valence-electron chi connectivity index (χ0n) is 34.6. The van der Waals surface area contributed by atoms with Gasteiger partial charge in [0.2, 0.25) is 0 Å². The Labute approximate surface area is 339 Å². The van der Waals surface area contributed by atoms with Crippen LogP contribution < -0.4 is 5.19 Å². The molecule has 0 unspecified atom stereocenters. The predicted molar refractivity (Wildman–Crippen MR) is 226 cm³/mol. The molecular weight excluding hydrogens is 853 g/mol. The minimum Gasteiger partial charge on any atom is -0.477 e. The number of benzene rings is 5. The number of hydrogen-bond acceptors (Lipinski definition) is 3. The van der Waals surface area contributed by atoms with Crippen molar-refractivity contribution in [3.63, 3.8) is 0 Å². The van der Waals surface area contributed by atoms with Crippen molar-refractivity contribution in [3.8, 4) is 44.8 Å². The Kier molecular flexibility index (Phi) is 10.4. The molecule has 0 bridgehead atoms. The number of furan rings is 1.